The second-order valence-electron chi connectivity index (χ2n) is 2.67. The van der Waals surface area contributed by atoms with E-state index >= 15 is 0 Å². The maximum atomic E-state index is 9.17. The lowest BCUT2D eigenvalue weighted by atomic mass is 10.1. The molecule has 0 aromatic rings. The maximum absolute atomic E-state index is 9.17. The van der Waals surface area contributed by atoms with Gasteiger partial charge in [0.15, 0.2) is 0 Å². The first-order chi connectivity index (χ1) is 4.24. The van der Waals surface area contributed by atoms with Crippen LogP contribution in [0.25, 0.3) is 0 Å². The summed E-state index contributed by atoms with van der Waals surface area (Å²) in [6.45, 7) is 4.00. The molecule has 2 heteroatoms. The fourth-order valence-corrected chi connectivity index (χ4v) is 1.17. The van der Waals surface area contributed by atoms with Crippen molar-refractivity contribution >= 4 is 0 Å². The van der Waals surface area contributed by atoms with E-state index in [1.54, 1.807) is 0 Å². The Morgan fingerprint density at radius 2 is 2.33 bits per heavy atom. The van der Waals surface area contributed by atoms with Gasteiger partial charge in [-0.05, 0) is 13.3 Å². The second kappa shape index (κ2) is 2.67. The van der Waals surface area contributed by atoms with Gasteiger partial charge in [-0.3, -0.25) is 0 Å². The van der Waals surface area contributed by atoms with Gasteiger partial charge in [0, 0.05) is 6.42 Å². The predicted octanol–water partition coefficient (Wildman–Crippen LogP) is 0.935. The second-order valence-corrected chi connectivity index (χ2v) is 2.67. The highest BCUT2D eigenvalue weighted by atomic mass is 16.5. The largest absolute Gasteiger partial charge is 0.390 e. The summed E-state index contributed by atoms with van der Waals surface area (Å²) in [6, 6.07) is 0. The molecule has 3 unspecified atom stereocenters. The van der Waals surface area contributed by atoms with Crippen molar-refractivity contribution in [3.63, 3.8) is 0 Å². The molecule has 0 aliphatic carbocycles. The molecule has 1 fully saturated rings. The molecule has 0 spiro atoms. The predicted molar refractivity (Wildman–Crippen MR) is 35.2 cm³/mol. The third-order valence-corrected chi connectivity index (χ3v) is 1.91. The van der Waals surface area contributed by atoms with E-state index in [0.29, 0.717) is 6.10 Å². The normalized spacial score (nSPS) is 43.7. The molecule has 0 aromatic carbocycles. The van der Waals surface area contributed by atoms with Crippen LogP contribution in [0.2, 0.25) is 0 Å². The van der Waals surface area contributed by atoms with Gasteiger partial charge >= 0.3 is 0 Å². The number of aliphatic hydroxyl groups is 1. The molecule has 3 atom stereocenters. The molecule has 1 aliphatic heterocycles. The van der Waals surface area contributed by atoms with Crippen molar-refractivity contribution in [1.29, 1.82) is 0 Å². The first kappa shape index (κ1) is 7.03. The number of hydrogen-bond acceptors (Lipinski definition) is 2. The molecule has 1 aliphatic rings. The summed E-state index contributed by atoms with van der Waals surface area (Å²) in [6.07, 6.45) is 1.96. The fourth-order valence-electron chi connectivity index (χ4n) is 1.17. The molecular formula is C7H14O2. The van der Waals surface area contributed by atoms with E-state index in [2.05, 4.69) is 6.92 Å². The number of aliphatic hydroxyl groups excluding tert-OH is 1. The van der Waals surface area contributed by atoms with Crippen LogP contribution in [0.5, 0.6) is 0 Å². The topological polar surface area (TPSA) is 29.5 Å². The molecule has 0 bridgehead atoms. The number of ether oxygens (including phenoxy) is 1. The third-order valence-electron chi connectivity index (χ3n) is 1.91. The molecule has 1 heterocycles. The van der Waals surface area contributed by atoms with Gasteiger partial charge in [0.25, 0.3) is 0 Å². The zero-order valence-corrected chi connectivity index (χ0v) is 6.00. The van der Waals surface area contributed by atoms with Gasteiger partial charge in [-0.15, -0.1) is 0 Å². The van der Waals surface area contributed by atoms with Crippen LogP contribution < -0.4 is 0 Å². The summed E-state index contributed by atoms with van der Waals surface area (Å²) in [4.78, 5) is 0. The maximum Gasteiger partial charge on any atom is 0.0823 e. The minimum atomic E-state index is -0.227. The lowest BCUT2D eigenvalue weighted by Crippen LogP contribution is -2.15. The van der Waals surface area contributed by atoms with Crippen LogP contribution in [0, 0.1) is 0 Å². The van der Waals surface area contributed by atoms with E-state index in [-0.39, 0.29) is 12.2 Å². The summed E-state index contributed by atoms with van der Waals surface area (Å²) in [5.74, 6) is 0. The molecule has 0 amide bonds. The van der Waals surface area contributed by atoms with Crippen LogP contribution in [-0.2, 0) is 4.74 Å². The quantitative estimate of drug-likeness (QED) is 0.572. The Morgan fingerprint density at radius 1 is 1.67 bits per heavy atom. The lowest BCUT2D eigenvalue weighted by Gasteiger charge is -2.06. The van der Waals surface area contributed by atoms with E-state index in [0.717, 1.165) is 12.8 Å². The Balaban J connectivity index is 2.35. The first-order valence-corrected chi connectivity index (χ1v) is 3.57. The van der Waals surface area contributed by atoms with Gasteiger partial charge in [0.05, 0.1) is 18.3 Å². The molecule has 0 saturated carbocycles. The van der Waals surface area contributed by atoms with E-state index in [4.69, 9.17) is 4.74 Å². The van der Waals surface area contributed by atoms with Crippen molar-refractivity contribution in [3.8, 4) is 0 Å². The highest BCUT2D eigenvalue weighted by Crippen LogP contribution is 2.21. The van der Waals surface area contributed by atoms with Gasteiger partial charge in [-0.1, -0.05) is 6.92 Å². The Bertz CT molecular complexity index is 82.9. The van der Waals surface area contributed by atoms with Crippen LogP contribution in [0.15, 0.2) is 0 Å². The highest BCUT2D eigenvalue weighted by Gasteiger charge is 2.28. The van der Waals surface area contributed by atoms with E-state index in [1.807, 2.05) is 6.92 Å². The van der Waals surface area contributed by atoms with Gasteiger partial charge < -0.3 is 9.84 Å². The zero-order valence-electron chi connectivity index (χ0n) is 6.00. The molecule has 54 valence electrons. The first-order valence-electron chi connectivity index (χ1n) is 3.57. The lowest BCUT2D eigenvalue weighted by molar-refractivity contribution is 0.0212. The molecule has 2 nitrogen and oxygen atoms in total. The smallest absolute Gasteiger partial charge is 0.0823 e. The molecule has 1 N–H and O–H groups in total. The monoisotopic (exact) mass is 130 g/mol. The zero-order chi connectivity index (χ0) is 6.85. The van der Waals surface area contributed by atoms with Gasteiger partial charge in [-0.25, -0.2) is 0 Å². The summed E-state index contributed by atoms with van der Waals surface area (Å²) in [5.41, 5.74) is 0. The molecular weight excluding hydrogens is 116 g/mol. The van der Waals surface area contributed by atoms with Crippen LogP contribution in [0.3, 0.4) is 0 Å². The van der Waals surface area contributed by atoms with Gasteiger partial charge in [0.1, 0.15) is 0 Å². The highest BCUT2D eigenvalue weighted by molar-refractivity contribution is 4.77. The van der Waals surface area contributed by atoms with Crippen molar-refractivity contribution in [1.82, 2.24) is 0 Å². The van der Waals surface area contributed by atoms with E-state index in [9.17, 15) is 5.11 Å². The van der Waals surface area contributed by atoms with E-state index < -0.39 is 0 Å². The fraction of sp³-hybridized carbons (Fsp3) is 1.00. The minimum absolute atomic E-state index is 0.0509. The van der Waals surface area contributed by atoms with Gasteiger partial charge in [-0.2, -0.15) is 0 Å². The Hall–Kier alpha value is -0.0800. The molecule has 1 saturated heterocycles. The standard InChI is InChI=1S/C7H14O2/c1-3-6-4-7(8)5(2)9-6/h5-8H,3-4H2,1-2H3. The van der Waals surface area contributed by atoms with Crippen molar-refractivity contribution in [2.24, 2.45) is 0 Å². The van der Waals surface area contributed by atoms with Gasteiger partial charge in [0.2, 0.25) is 0 Å². The summed E-state index contributed by atoms with van der Waals surface area (Å²) >= 11 is 0. The number of rotatable bonds is 1. The molecule has 1 rings (SSSR count). The Labute approximate surface area is 55.8 Å². The average molecular weight is 130 g/mol. The summed E-state index contributed by atoms with van der Waals surface area (Å²) < 4.78 is 5.37. The summed E-state index contributed by atoms with van der Waals surface area (Å²) in [7, 11) is 0. The van der Waals surface area contributed by atoms with Crippen LogP contribution in [0.4, 0.5) is 0 Å². The minimum Gasteiger partial charge on any atom is -0.390 e. The molecule has 0 radical (unpaired) electrons. The van der Waals surface area contributed by atoms with Crippen molar-refractivity contribution in [3.05, 3.63) is 0 Å². The van der Waals surface area contributed by atoms with E-state index in [1.165, 1.54) is 0 Å². The summed E-state index contributed by atoms with van der Waals surface area (Å²) in [5, 5.41) is 9.17. The van der Waals surface area contributed by atoms with Crippen molar-refractivity contribution < 1.29 is 9.84 Å². The van der Waals surface area contributed by atoms with Crippen molar-refractivity contribution in [2.75, 3.05) is 0 Å². The SMILES string of the molecule is CCC1CC(O)C(C)O1. The third kappa shape index (κ3) is 1.43. The number of hydrogen-bond donors (Lipinski definition) is 1. The molecule has 0 aromatic heterocycles. The molecule has 9 heavy (non-hydrogen) atoms. The van der Waals surface area contributed by atoms with Crippen LogP contribution >= 0.6 is 0 Å². The van der Waals surface area contributed by atoms with Crippen molar-refractivity contribution in [2.45, 2.75) is 45.0 Å². The van der Waals surface area contributed by atoms with Crippen LogP contribution in [-0.4, -0.2) is 23.4 Å². The Morgan fingerprint density at radius 3 is 2.56 bits per heavy atom. The average Bonchev–Trinajstić information content (AvgIpc) is 2.13. The Kier molecular flexibility index (Phi) is 2.09. The van der Waals surface area contributed by atoms with Crippen LogP contribution in [0.1, 0.15) is 26.7 Å².